The van der Waals surface area contributed by atoms with Crippen LogP contribution in [0.5, 0.6) is 11.5 Å². The number of nitrogens with zero attached hydrogens (tertiary/aromatic N) is 4. The van der Waals surface area contributed by atoms with Crippen LogP contribution in [0.15, 0.2) is 48.9 Å². The van der Waals surface area contributed by atoms with Gasteiger partial charge in [-0.25, -0.2) is 9.97 Å². The molecule has 0 unspecified atom stereocenters. The van der Waals surface area contributed by atoms with E-state index in [0.29, 0.717) is 0 Å². The molecular weight excluding hydrogens is 340 g/mol. The Morgan fingerprint density at radius 1 is 1.07 bits per heavy atom. The highest BCUT2D eigenvalue weighted by Gasteiger charge is 2.19. The average Bonchev–Trinajstić information content (AvgIpc) is 2.74. The summed E-state index contributed by atoms with van der Waals surface area (Å²) in [6.45, 7) is 2.66. The van der Waals surface area contributed by atoms with Crippen LogP contribution in [-0.2, 0) is 19.5 Å². The van der Waals surface area contributed by atoms with Crippen molar-refractivity contribution in [3.8, 4) is 22.9 Å². The molecule has 138 valence electrons. The number of rotatable bonds is 5. The van der Waals surface area contributed by atoms with Gasteiger partial charge in [0.15, 0.2) is 17.3 Å². The normalized spacial score (nSPS) is 13.9. The van der Waals surface area contributed by atoms with Gasteiger partial charge in [0.1, 0.15) is 0 Å². The Balaban J connectivity index is 1.49. The molecule has 27 heavy (non-hydrogen) atoms. The Kier molecular flexibility index (Phi) is 4.98. The van der Waals surface area contributed by atoms with Gasteiger partial charge in [0.05, 0.1) is 19.9 Å². The first-order chi connectivity index (χ1) is 13.3. The Labute approximate surface area is 158 Å². The molecule has 0 saturated carbocycles. The van der Waals surface area contributed by atoms with Crippen molar-refractivity contribution in [2.45, 2.75) is 19.5 Å². The molecule has 0 saturated heterocycles. The zero-order valence-corrected chi connectivity index (χ0v) is 15.6. The van der Waals surface area contributed by atoms with Gasteiger partial charge in [0, 0.05) is 55.8 Å². The Hall–Kier alpha value is -2.99. The van der Waals surface area contributed by atoms with Gasteiger partial charge in [-0.05, 0) is 29.8 Å². The first kappa shape index (κ1) is 17.4. The molecule has 0 amide bonds. The minimum absolute atomic E-state index is 0.746. The number of pyridine rings is 1. The molecule has 0 bridgehead atoms. The van der Waals surface area contributed by atoms with Crippen molar-refractivity contribution in [2.75, 3.05) is 20.8 Å². The van der Waals surface area contributed by atoms with Crippen LogP contribution in [0.3, 0.4) is 0 Å². The van der Waals surface area contributed by atoms with Crippen LogP contribution < -0.4 is 9.47 Å². The van der Waals surface area contributed by atoms with Crippen LogP contribution in [0.25, 0.3) is 11.4 Å². The van der Waals surface area contributed by atoms with Crippen LogP contribution in [0.2, 0.25) is 0 Å². The van der Waals surface area contributed by atoms with Crippen LogP contribution in [0.4, 0.5) is 0 Å². The molecule has 3 aromatic rings. The molecule has 6 nitrogen and oxygen atoms in total. The van der Waals surface area contributed by atoms with Crippen LogP contribution in [-0.4, -0.2) is 40.6 Å². The minimum Gasteiger partial charge on any atom is -0.493 e. The van der Waals surface area contributed by atoms with Gasteiger partial charge in [-0.2, -0.15) is 0 Å². The first-order valence-corrected chi connectivity index (χ1v) is 8.95. The van der Waals surface area contributed by atoms with E-state index in [1.54, 1.807) is 26.6 Å². The SMILES string of the molecule is COc1ccc(CN2CCc3nc(-c4cccnc4)ncc3C2)cc1OC. The highest BCUT2D eigenvalue weighted by Crippen LogP contribution is 2.29. The zero-order chi connectivity index (χ0) is 18.6. The van der Waals surface area contributed by atoms with Crippen molar-refractivity contribution in [3.63, 3.8) is 0 Å². The molecule has 3 heterocycles. The third kappa shape index (κ3) is 3.75. The van der Waals surface area contributed by atoms with Gasteiger partial charge in [-0.3, -0.25) is 9.88 Å². The summed E-state index contributed by atoms with van der Waals surface area (Å²) in [5.41, 5.74) is 4.47. The molecule has 0 atom stereocenters. The predicted molar refractivity (Wildman–Crippen MR) is 103 cm³/mol. The maximum Gasteiger partial charge on any atom is 0.161 e. The Morgan fingerprint density at radius 3 is 2.74 bits per heavy atom. The summed E-state index contributed by atoms with van der Waals surface area (Å²) in [5, 5.41) is 0. The summed E-state index contributed by atoms with van der Waals surface area (Å²) in [5.74, 6) is 2.26. The molecule has 0 radical (unpaired) electrons. The van der Waals surface area contributed by atoms with Gasteiger partial charge < -0.3 is 9.47 Å². The molecule has 4 rings (SSSR count). The van der Waals surface area contributed by atoms with Crippen molar-refractivity contribution in [2.24, 2.45) is 0 Å². The van der Waals surface area contributed by atoms with Gasteiger partial charge in [0.25, 0.3) is 0 Å². The maximum absolute atomic E-state index is 5.41. The minimum atomic E-state index is 0.746. The summed E-state index contributed by atoms with van der Waals surface area (Å²) in [6, 6.07) is 9.97. The van der Waals surface area contributed by atoms with Gasteiger partial charge in [-0.15, -0.1) is 0 Å². The smallest absolute Gasteiger partial charge is 0.161 e. The molecule has 1 aromatic carbocycles. The molecule has 0 N–H and O–H groups in total. The van der Waals surface area contributed by atoms with Crippen LogP contribution >= 0.6 is 0 Å². The third-order valence-corrected chi connectivity index (χ3v) is 4.79. The molecule has 1 aliphatic rings. The van der Waals surface area contributed by atoms with Crippen molar-refractivity contribution in [3.05, 3.63) is 65.7 Å². The van der Waals surface area contributed by atoms with E-state index in [4.69, 9.17) is 14.5 Å². The van der Waals surface area contributed by atoms with E-state index in [9.17, 15) is 0 Å². The summed E-state index contributed by atoms with van der Waals surface area (Å²) < 4.78 is 10.7. The van der Waals surface area contributed by atoms with Crippen LogP contribution in [0, 0.1) is 0 Å². The number of methoxy groups -OCH3 is 2. The second kappa shape index (κ2) is 7.72. The van der Waals surface area contributed by atoms with E-state index >= 15 is 0 Å². The average molecular weight is 362 g/mol. The fourth-order valence-corrected chi connectivity index (χ4v) is 3.38. The number of aromatic nitrogens is 3. The molecule has 0 spiro atoms. The summed E-state index contributed by atoms with van der Waals surface area (Å²) >= 11 is 0. The van der Waals surface area contributed by atoms with Crippen LogP contribution in [0.1, 0.15) is 16.8 Å². The lowest BCUT2D eigenvalue weighted by Gasteiger charge is -2.28. The number of hydrogen-bond donors (Lipinski definition) is 0. The van der Waals surface area contributed by atoms with Gasteiger partial charge >= 0.3 is 0 Å². The summed E-state index contributed by atoms with van der Waals surface area (Å²) in [6.07, 6.45) is 6.42. The maximum atomic E-state index is 5.41. The second-order valence-electron chi connectivity index (χ2n) is 6.56. The molecule has 2 aromatic heterocycles. The lowest BCUT2D eigenvalue weighted by molar-refractivity contribution is 0.242. The first-order valence-electron chi connectivity index (χ1n) is 8.95. The zero-order valence-electron chi connectivity index (χ0n) is 15.6. The van der Waals surface area contributed by atoms with E-state index < -0.39 is 0 Å². The standard InChI is InChI=1S/C21H22N4O2/c1-26-19-6-5-15(10-20(19)27-2)13-25-9-7-18-17(14-25)12-23-21(24-18)16-4-3-8-22-11-16/h3-6,8,10-12H,7,9,13-14H2,1-2H3. The predicted octanol–water partition coefficient (Wildman–Crippen LogP) is 3.11. The molecule has 0 aliphatic carbocycles. The molecular formula is C21H22N4O2. The van der Waals surface area contributed by atoms with Crippen molar-refractivity contribution in [1.29, 1.82) is 0 Å². The number of ether oxygens (including phenoxy) is 2. The molecule has 1 aliphatic heterocycles. The van der Waals surface area contributed by atoms with E-state index in [-0.39, 0.29) is 0 Å². The molecule has 0 fully saturated rings. The largest absolute Gasteiger partial charge is 0.493 e. The van der Waals surface area contributed by atoms with E-state index in [1.165, 1.54) is 11.1 Å². The third-order valence-electron chi connectivity index (χ3n) is 4.79. The summed E-state index contributed by atoms with van der Waals surface area (Å²) in [7, 11) is 3.31. The van der Waals surface area contributed by atoms with E-state index in [1.807, 2.05) is 30.5 Å². The lowest BCUT2D eigenvalue weighted by atomic mass is 10.1. The highest BCUT2D eigenvalue weighted by atomic mass is 16.5. The second-order valence-corrected chi connectivity index (χ2v) is 6.56. The highest BCUT2D eigenvalue weighted by molar-refractivity contribution is 5.53. The van der Waals surface area contributed by atoms with E-state index in [0.717, 1.165) is 54.6 Å². The Morgan fingerprint density at radius 2 is 1.96 bits per heavy atom. The fraction of sp³-hybridized carbons (Fsp3) is 0.286. The fourth-order valence-electron chi connectivity index (χ4n) is 3.38. The topological polar surface area (TPSA) is 60.4 Å². The quantitative estimate of drug-likeness (QED) is 0.695. The number of fused-ring (bicyclic) bond motifs is 1. The Bertz CT molecular complexity index is 931. The van der Waals surface area contributed by atoms with Gasteiger partial charge in [-0.1, -0.05) is 6.07 Å². The van der Waals surface area contributed by atoms with Crippen molar-refractivity contribution in [1.82, 2.24) is 19.9 Å². The summed E-state index contributed by atoms with van der Waals surface area (Å²) in [4.78, 5) is 15.9. The van der Waals surface area contributed by atoms with Gasteiger partial charge in [0.2, 0.25) is 0 Å². The van der Waals surface area contributed by atoms with E-state index in [2.05, 4.69) is 20.9 Å². The van der Waals surface area contributed by atoms with Crippen molar-refractivity contribution < 1.29 is 9.47 Å². The monoisotopic (exact) mass is 362 g/mol. The number of benzene rings is 1. The van der Waals surface area contributed by atoms with Crippen molar-refractivity contribution >= 4 is 0 Å². The lowest BCUT2D eigenvalue weighted by Crippen LogP contribution is -2.31. The number of hydrogen-bond acceptors (Lipinski definition) is 6. The molecule has 6 heteroatoms.